The van der Waals surface area contributed by atoms with Crippen molar-refractivity contribution in [2.45, 2.75) is 44.5 Å². The lowest BCUT2D eigenvalue weighted by Gasteiger charge is -2.28. The van der Waals surface area contributed by atoms with Gasteiger partial charge in [0, 0.05) is 17.3 Å². The number of alkyl halides is 1. The van der Waals surface area contributed by atoms with E-state index in [1.165, 1.54) is 5.69 Å². The molecule has 3 nitrogen and oxygen atoms in total. The van der Waals surface area contributed by atoms with Crippen molar-refractivity contribution >= 4 is 27.5 Å². The number of hydrogen-bond donors (Lipinski definition) is 0. The zero-order valence-corrected chi connectivity index (χ0v) is 14.2. The second-order valence-corrected chi connectivity index (χ2v) is 7.34. The van der Waals surface area contributed by atoms with Gasteiger partial charge in [-0.3, -0.25) is 4.68 Å². The summed E-state index contributed by atoms with van der Waals surface area (Å²) >= 11 is 9.77. The minimum atomic E-state index is 0.0167. The predicted molar refractivity (Wildman–Crippen MR) is 81.4 cm³/mol. The van der Waals surface area contributed by atoms with E-state index < -0.39 is 0 Å². The highest BCUT2D eigenvalue weighted by Crippen LogP contribution is 2.34. The quantitative estimate of drug-likeness (QED) is 0.741. The van der Waals surface area contributed by atoms with E-state index in [2.05, 4.69) is 58.6 Å². The van der Waals surface area contributed by atoms with Crippen molar-refractivity contribution < 1.29 is 0 Å². The zero-order valence-electron chi connectivity index (χ0n) is 11.9. The molecule has 0 radical (unpaired) electrons. The highest BCUT2D eigenvalue weighted by molar-refractivity contribution is 9.10. The Morgan fingerprint density at radius 1 is 1.50 bits per heavy atom. The summed E-state index contributed by atoms with van der Waals surface area (Å²) in [7, 11) is 4.15. The molecule has 18 heavy (non-hydrogen) atoms. The summed E-state index contributed by atoms with van der Waals surface area (Å²) in [5, 5.41) is 4.62. The van der Waals surface area contributed by atoms with Crippen LogP contribution in [0.5, 0.6) is 0 Å². The highest BCUT2D eigenvalue weighted by atomic mass is 79.9. The molecule has 0 spiro atoms. The molecule has 104 valence electrons. The lowest BCUT2D eigenvalue weighted by Crippen LogP contribution is -2.28. The Kier molecular flexibility index (Phi) is 5.68. The molecule has 0 aliphatic rings. The van der Waals surface area contributed by atoms with E-state index in [1.807, 2.05) is 13.1 Å². The molecule has 0 saturated carbocycles. The van der Waals surface area contributed by atoms with E-state index in [0.29, 0.717) is 0 Å². The van der Waals surface area contributed by atoms with Crippen LogP contribution in [0.4, 0.5) is 0 Å². The molecule has 0 fully saturated rings. The van der Waals surface area contributed by atoms with Gasteiger partial charge in [-0.15, -0.1) is 11.6 Å². The van der Waals surface area contributed by atoms with Crippen LogP contribution in [0.2, 0.25) is 0 Å². The summed E-state index contributed by atoms with van der Waals surface area (Å²) in [6.07, 6.45) is 2.81. The molecule has 0 aliphatic carbocycles. The number of hydrogen-bond acceptors (Lipinski definition) is 2. The van der Waals surface area contributed by atoms with Gasteiger partial charge in [-0.25, -0.2) is 0 Å². The van der Waals surface area contributed by atoms with Gasteiger partial charge in [-0.1, -0.05) is 13.8 Å². The molecule has 0 amide bonds. The molecule has 1 atom stereocenters. The van der Waals surface area contributed by atoms with Crippen molar-refractivity contribution in [3.8, 4) is 0 Å². The first-order valence-corrected chi connectivity index (χ1v) is 7.47. The number of aromatic nitrogens is 2. The van der Waals surface area contributed by atoms with Crippen LogP contribution < -0.4 is 0 Å². The molecule has 1 unspecified atom stereocenters. The normalized spacial score (nSPS) is 14.2. The zero-order chi connectivity index (χ0) is 13.9. The largest absolute Gasteiger partial charge is 0.308 e. The van der Waals surface area contributed by atoms with Gasteiger partial charge in [0.15, 0.2) is 0 Å². The molecular formula is C13H23BrClN3. The van der Waals surface area contributed by atoms with Crippen LogP contribution in [-0.2, 0) is 12.0 Å². The van der Waals surface area contributed by atoms with E-state index >= 15 is 0 Å². The first-order chi connectivity index (χ1) is 8.24. The van der Waals surface area contributed by atoms with Gasteiger partial charge in [0.05, 0.1) is 22.9 Å². The van der Waals surface area contributed by atoms with E-state index in [-0.39, 0.29) is 10.8 Å². The minimum Gasteiger partial charge on any atom is -0.308 e. The highest BCUT2D eigenvalue weighted by Gasteiger charge is 2.29. The standard InChI is InChI=1S/C13H23BrClN3/c1-10(15)8-13(2,3)12-11(14)9-16-18(12)7-6-17(4)5/h9-10H,6-8H2,1-5H3. The van der Waals surface area contributed by atoms with Gasteiger partial charge in [-0.05, 0) is 43.4 Å². The molecule has 1 aromatic heterocycles. The lowest BCUT2D eigenvalue weighted by molar-refractivity contribution is 0.351. The van der Waals surface area contributed by atoms with Crippen molar-refractivity contribution in [1.29, 1.82) is 0 Å². The first-order valence-electron chi connectivity index (χ1n) is 6.24. The van der Waals surface area contributed by atoms with E-state index in [1.54, 1.807) is 0 Å². The summed E-state index contributed by atoms with van der Waals surface area (Å²) in [4.78, 5) is 2.16. The van der Waals surface area contributed by atoms with Crippen LogP contribution in [0.1, 0.15) is 32.9 Å². The maximum Gasteiger partial charge on any atom is 0.0635 e. The number of halogens is 2. The molecule has 0 N–H and O–H groups in total. The van der Waals surface area contributed by atoms with Crippen molar-refractivity contribution in [2.75, 3.05) is 20.6 Å². The summed E-state index contributed by atoms with van der Waals surface area (Å²) in [6.45, 7) is 8.36. The fraction of sp³-hybridized carbons (Fsp3) is 0.769. The maximum absolute atomic E-state index is 6.16. The predicted octanol–water partition coefficient (Wildman–Crippen LogP) is 3.50. The molecule has 1 heterocycles. The average Bonchev–Trinajstić information content (AvgIpc) is 2.55. The Hall–Kier alpha value is -0.0600. The first kappa shape index (κ1) is 16.0. The Morgan fingerprint density at radius 2 is 2.11 bits per heavy atom. The number of rotatable bonds is 6. The Balaban J connectivity index is 2.95. The van der Waals surface area contributed by atoms with Crippen molar-refractivity contribution in [1.82, 2.24) is 14.7 Å². The SMILES string of the molecule is CC(Cl)CC(C)(C)c1c(Br)cnn1CCN(C)C. The average molecular weight is 337 g/mol. The monoisotopic (exact) mass is 335 g/mol. The molecule has 0 bridgehead atoms. The second-order valence-electron chi connectivity index (χ2n) is 5.74. The van der Waals surface area contributed by atoms with Crippen LogP contribution in [-0.4, -0.2) is 40.7 Å². The fourth-order valence-corrected chi connectivity index (χ4v) is 3.52. The third-order valence-corrected chi connectivity index (χ3v) is 3.72. The third kappa shape index (κ3) is 4.25. The Morgan fingerprint density at radius 3 is 2.61 bits per heavy atom. The van der Waals surface area contributed by atoms with Crippen molar-refractivity contribution in [3.05, 3.63) is 16.4 Å². The van der Waals surface area contributed by atoms with E-state index in [9.17, 15) is 0 Å². The van der Waals surface area contributed by atoms with Gasteiger partial charge in [0.25, 0.3) is 0 Å². The summed E-state index contributed by atoms with van der Waals surface area (Å²) in [6, 6.07) is 0. The van der Waals surface area contributed by atoms with Crippen LogP contribution in [0, 0.1) is 0 Å². The fourth-order valence-electron chi connectivity index (χ4n) is 2.30. The van der Waals surface area contributed by atoms with Crippen LogP contribution in [0.15, 0.2) is 10.7 Å². The maximum atomic E-state index is 6.16. The molecular weight excluding hydrogens is 314 g/mol. The van der Waals surface area contributed by atoms with Gasteiger partial charge < -0.3 is 4.90 Å². The molecule has 0 aliphatic heterocycles. The van der Waals surface area contributed by atoms with E-state index in [0.717, 1.165) is 24.0 Å². The van der Waals surface area contributed by atoms with Crippen LogP contribution >= 0.6 is 27.5 Å². The molecule has 1 aromatic rings. The summed E-state index contributed by atoms with van der Waals surface area (Å²) in [5.74, 6) is 0. The van der Waals surface area contributed by atoms with Crippen molar-refractivity contribution in [2.24, 2.45) is 0 Å². The second kappa shape index (κ2) is 6.40. The van der Waals surface area contributed by atoms with E-state index in [4.69, 9.17) is 11.6 Å². The summed E-state index contributed by atoms with van der Waals surface area (Å²) < 4.78 is 3.16. The van der Waals surface area contributed by atoms with Gasteiger partial charge >= 0.3 is 0 Å². The lowest BCUT2D eigenvalue weighted by atomic mass is 9.84. The third-order valence-electron chi connectivity index (χ3n) is 2.99. The molecule has 5 heteroatoms. The minimum absolute atomic E-state index is 0.0167. The molecule has 0 aromatic carbocycles. The van der Waals surface area contributed by atoms with Gasteiger partial charge in [0.2, 0.25) is 0 Å². The Labute approximate surface area is 124 Å². The molecule has 0 saturated heterocycles. The van der Waals surface area contributed by atoms with Crippen LogP contribution in [0.25, 0.3) is 0 Å². The van der Waals surface area contributed by atoms with Crippen molar-refractivity contribution in [3.63, 3.8) is 0 Å². The number of nitrogens with zero attached hydrogens (tertiary/aromatic N) is 3. The number of likely N-dealkylation sites (N-methyl/N-ethyl adjacent to an activating group) is 1. The Bertz CT molecular complexity index is 386. The summed E-state index contributed by atoms with van der Waals surface area (Å²) in [5.41, 5.74) is 1.25. The van der Waals surface area contributed by atoms with Gasteiger partial charge in [0.1, 0.15) is 0 Å². The topological polar surface area (TPSA) is 21.1 Å². The smallest absolute Gasteiger partial charge is 0.0635 e. The van der Waals surface area contributed by atoms with Crippen LogP contribution in [0.3, 0.4) is 0 Å². The van der Waals surface area contributed by atoms with Gasteiger partial charge in [-0.2, -0.15) is 5.10 Å². The molecule has 1 rings (SSSR count).